The smallest absolute Gasteiger partial charge is 0.175 e. The van der Waals surface area contributed by atoms with Crippen molar-refractivity contribution in [3.05, 3.63) is 53.6 Å². The molecule has 110 valence electrons. The summed E-state index contributed by atoms with van der Waals surface area (Å²) in [5.41, 5.74) is 4.23. The molecular weight excluding hydrogens is 280 g/mol. The van der Waals surface area contributed by atoms with E-state index in [9.17, 15) is 0 Å². The van der Waals surface area contributed by atoms with E-state index in [0.29, 0.717) is 11.7 Å². The first-order valence-electron chi connectivity index (χ1n) is 6.97. The van der Waals surface area contributed by atoms with Gasteiger partial charge in [0.1, 0.15) is 5.75 Å². The van der Waals surface area contributed by atoms with Crippen molar-refractivity contribution in [3.8, 4) is 5.75 Å². The van der Waals surface area contributed by atoms with E-state index in [1.807, 2.05) is 31.2 Å². The molecule has 4 heteroatoms. The second-order valence-corrected chi connectivity index (χ2v) is 5.23. The molecule has 0 spiro atoms. The lowest BCUT2D eigenvalue weighted by atomic mass is 10.1. The molecule has 0 radical (unpaired) electrons. The van der Waals surface area contributed by atoms with E-state index >= 15 is 0 Å². The SMILES string of the molecule is CCOc1ccccc1NC(=S)Nc1cc(C)ccc1C. The molecule has 0 saturated carbocycles. The van der Waals surface area contributed by atoms with Crippen LogP contribution in [0.4, 0.5) is 11.4 Å². The summed E-state index contributed by atoms with van der Waals surface area (Å²) in [5, 5.41) is 6.97. The van der Waals surface area contributed by atoms with Crippen LogP contribution >= 0.6 is 12.2 Å². The van der Waals surface area contributed by atoms with E-state index in [2.05, 4.69) is 42.7 Å². The number of benzene rings is 2. The molecule has 2 aromatic carbocycles. The molecule has 21 heavy (non-hydrogen) atoms. The third kappa shape index (κ3) is 4.20. The van der Waals surface area contributed by atoms with Gasteiger partial charge in [-0.3, -0.25) is 0 Å². The Morgan fingerprint density at radius 1 is 1.05 bits per heavy atom. The molecule has 0 fully saturated rings. The van der Waals surface area contributed by atoms with E-state index in [4.69, 9.17) is 17.0 Å². The number of nitrogens with one attached hydrogen (secondary N) is 2. The highest BCUT2D eigenvalue weighted by molar-refractivity contribution is 7.80. The van der Waals surface area contributed by atoms with Crippen molar-refractivity contribution in [1.82, 2.24) is 0 Å². The molecule has 0 heterocycles. The standard InChI is InChI=1S/C17H20N2OS/c1-4-20-16-8-6-5-7-14(16)18-17(21)19-15-11-12(2)9-10-13(15)3/h5-11H,4H2,1-3H3,(H2,18,19,21). The maximum absolute atomic E-state index is 5.58. The summed E-state index contributed by atoms with van der Waals surface area (Å²) in [5.74, 6) is 0.796. The van der Waals surface area contributed by atoms with Crippen molar-refractivity contribution in [1.29, 1.82) is 0 Å². The summed E-state index contributed by atoms with van der Waals surface area (Å²) in [7, 11) is 0. The molecule has 0 aliphatic rings. The first-order valence-corrected chi connectivity index (χ1v) is 7.38. The van der Waals surface area contributed by atoms with Crippen molar-refractivity contribution in [2.24, 2.45) is 0 Å². The van der Waals surface area contributed by atoms with Crippen LogP contribution in [0.3, 0.4) is 0 Å². The van der Waals surface area contributed by atoms with Gasteiger partial charge in [-0.25, -0.2) is 0 Å². The summed E-state index contributed by atoms with van der Waals surface area (Å²) in [6, 6.07) is 14.0. The van der Waals surface area contributed by atoms with Gasteiger partial charge in [-0.05, 0) is 62.3 Å². The Hall–Kier alpha value is -2.07. The van der Waals surface area contributed by atoms with Crippen LogP contribution in [-0.2, 0) is 0 Å². The van der Waals surface area contributed by atoms with E-state index in [0.717, 1.165) is 22.7 Å². The first-order chi connectivity index (χ1) is 10.1. The lowest BCUT2D eigenvalue weighted by Gasteiger charge is -2.15. The Morgan fingerprint density at radius 2 is 1.76 bits per heavy atom. The molecule has 0 bridgehead atoms. The molecule has 2 rings (SSSR count). The van der Waals surface area contributed by atoms with Gasteiger partial charge in [-0.2, -0.15) is 0 Å². The highest BCUT2D eigenvalue weighted by atomic mass is 32.1. The minimum absolute atomic E-state index is 0.552. The zero-order chi connectivity index (χ0) is 15.2. The minimum atomic E-state index is 0.552. The van der Waals surface area contributed by atoms with Crippen LogP contribution in [0.1, 0.15) is 18.1 Å². The van der Waals surface area contributed by atoms with Crippen molar-refractivity contribution < 1.29 is 4.74 Å². The number of anilines is 2. The third-order valence-electron chi connectivity index (χ3n) is 3.08. The fraction of sp³-hybridized carbons (Fsp3) is 0.235. The Labute approximate surface area is 131 Å². The molecule has 0 aromatic heterocycles. The highest BCUT2D eigenvalue weighted by Gasteiger charge is 2.06. The zero-order valence-electron chi connectivity index (χ0n) is 12.6. The van der Waals surface area contributed by atoms with E-state index in [-0.39, 0.29) is 0 Å². The Balaban J connectivity index is 2.10. The molecule has 0 unspecified atom stereocenters. The highest BCUT2D eigenvalue weighted by Crippen LogP contribution is 2.24. The molecule has 0 amide bonds. The lowest BCUT2D eigenvalue weighted by molar-refractivity contribution is 0.342. The van der Waals surface area contributed by atoms with Crippen molar-refractivity contribution in [2.75, 3.05) is 17.2 Å². The van der Waals surface area contributed by atoms with E-state index < -0.39 is 0 Å². The molecular formula is C17H20N2OS. The topological polar surface area (TPSA) is 33.3 Å². The van der Waals surface area contributed by atoms with Crippen LogP contribution in [0.2, 0.25) is 0 Å². The summed E-state index contributed by atoms with van der Waals surface area (Å²) in [6.45, 7) is 6.70. The number of para-hydroxylation sites is 2. The van der Waals surface area contributed by atoms with Gasteiger partial charge in [0.25, 0.3) is 0 Å². The van der Waals surface area contributed by atoms with E-state index in [1.165, 1.54) is 5.56 Å². The van der Waals surface area contributed by atoms with Crippen LogP contribution < -0.4 is 15.4 Å². The minimum Gasteiger partial charge on any atom is -0.492 e. The molecule has 0 aliphatic heterocycles. The zero-order valence-corrected chi connectivity index (χ0v) is 13.4. The number of hydrogen-bond donors (Lipinski definition) is 2. The van der Waals surface area contributed by atoms with Gasteiger partial charge >= 0.3 is 0 Å². The number of hydrogen-bond acceptors (Lipinski definition) is 2. The normalized spacial score (nSPS) is 10.0. The van der Waals surface area contributed by atoms with Crippen LogP contribution in [0, 0.1) is 13.8 Å². The van der Waals surface area contributed by atoms with Crippen LogP contribution in [0.15, 0.2) is 42.5 Å². The van der Waals surface area contributed by atoms with Crippen molar-refractivity contribution in [3.63, 3.8) is 0 Å². The largest absolute Gasteiger partial charge is 0.492 e. The van der Waals surface area contributed by atoms with Crippen LogP contribution in [0.5, 0.6) is 5.75 Å². The maximum Gasteiger partial charge on any atom is 0.175 e. The molecule has 0 saturated heterocycles. The Kier molecular flexibility index (Phi) is 5.17. The fourth-order valence-electron chi connectivity index (χ4n) is 2.00. The molecule has 3 nitrogen and oxygen atoms in total. The Morgan fingerprint density at radius 3 is 2.52 bits per heavy atom. The number of ether oxygens (including phenoxy) is 1. The number of rotatable bonds is 4. The second-order valence-electron chi connectivity index (χ2n) is 4.83. The molecule has 0 atom stereocenters. The number of thiocarbonyl (C=S) groups is 1. The average Bonchev–Trinajstić information content (AvgIpc) is 2.45. The predicted octanol–water partition coefficient (Wildman–Crippen LogP) is 4.51. The second kappa shape index (κ2) is 7.09. The molecule has 2 aromatic rings. The van der Waals surface area contributed by atoms with Crippen molar-refractivity contribution >= 4 is 28.7 Å². The number of aryl methyl sites for hydroxylation is 2. The Bertz CT molecular complexity index is 640. The summed E-state index contributed by atoms with van der Waals surface area (Å²) < 4.78 is 5.58. The monoisotopic (exact) mass is 300 g/mol. The molecule has 2 N–H and O–H groups in total. The van der Waals surface area contributed by atoms with Gasteiger partial charge in [0, 0.05) is 5.69 Å². The van der Waals surface area contributed by atoms with Gasteiger partial charge < -0.3 is 15.4 Å². The lowest BCUT2D eigenvalue weighted by Crippen LogP contribution is -2.20. The van der Waals surface area contributed by atoms with Gasteiger partial charge in [0.15, 0.2) is 5.11 Å². The average molecular weight is 300 g/mol. The van der Waals surface area contributed by atoms with Crippen molar-refractivity contribution in [2.45, 2.75) is 20.8 Å². The van der Waals surface area contributed by atoms with E-state index in [1.54, 1.807) is 0 Å². The maximum atomic E-state index is 5.58. The van der Waals surface area contributed by atoms with Gasteiger partial charge in [-0.1, -0.05) is 24.3 Å². The van der Waals surface area contributed by atoms with Gasteiger partial charge in [0.05, 0.1) is 12.3 Å². The predicted molar refractivity (Wildman–Crippen MR) is 93.4 cm³/mol. The van der Waals surface area contributed by atoms with Gasteiger partial charge in [0.2, 0.25) is 0 Å². The van der Waals surface area contributed by atoms with Gasteiger partial charge in [-0.15, -0.1) is 0 Å². The summed E-state index contributed by atoms with van der Waals surface area (Å²) >= 11 is 5.39. The van der Waals surface area contributed by atoms with Crippen LogP contribution in [0.25, 0.3) is 0 Å². The first kappa shape index (κ1) is 15.3. The quantitative estimate of drug-likeness (QED) is 0.814. The fourth-order valence-corrected chi connectivity index (χ4v) is 2.22. The summed E-state index contributed by atoms with van der Waals surface area (Å²) in [4.78, 5) is 0. The molecule has 0 aliphatic carbocycles. The van der Waals surface area contributed by atoms with Crippen LogP contribution in [-0.4, -0.2) is 11.7 Å². The summed E-state index contributed by atoms with van der Waals surface area (Å²) in [6.07, 6.45) is 0. The third-order valence-corrected chi connectivity index (χ3v) is 3.28.